The van der Waals surface area contributed by atoms with Crippen molar-refractivity contribution in [3.63, 3.8) is 0 Å². The molecule has 0 bridgehead atoms. The van der Waals surface area contributed by atoms with E-state index in [9.17, 15) is 4.79 Å². The lowest BCUT2D eigenvalue weighted by molar-refractivity contribution is 0.0523. The second-order valence-electron chi connectivity index (χ2n) is 9.41. The number of carbonyl (C=O) groups excluding carboxylic acids is 1. The molecule has 1 amide bonds. The summed E-state index contributed by atoms with van der Waals surface area (Å²) in [7, 11) is 2.22. The summed E-state index contributed by atoms with van der Waals surface area (Å²) in [5.41, 5.74) is 0.764. The molecule has 3 aliphatic rings. The molecule has 0 spiro atoms. The Balaban J connectivity index is 1.29. The maximum Gasteiger partial charge on any atom is 0.253 e. The van der Waals surface area contributed by atoms with E-state index in [1.54, 1.807) is 0 Å². The van der Waals surface area contributed by atoms with E-state index in [4.69, 9.17) is 4.74 Å². The smallest absolute Gasteiger partial charge is 0.253 e. The van der Waals surface area contributed by atoms with Gasteiger partial charge in [-0.05, 0) is 82.8 Å². The van der Waals surface area contributed by atoms with Crippen molar-refractivity contribution in [2.45, 2.75) is 57.6 Å². The lowest BCUT2D eigenvalue weighted by Gasteiger charge is -2.41. The van der Waals surface area contributed by atoms with Crippen molar-refractivity contribution in [2.24, 2.45) is 5.92 Å². The molecule has 0 aliphatic carbocycles. The highest BCUT2D eigenvalue weighted by molar-refractivity contribution is 5.94. The molecule has 0 radical (unpaired) electrons. The molecule has 1 atom stereocenters. The molecule has 0 aromatic heterocycles. The van der Waals surface area contributed by atoms with Crippen molar-refractivity contribution in [1.29, 1.82) is 0 Å². The van der Waals surface area contributed by atoms with Crippen molar-refractivity contribution in [3.05, 3.63) is 29.8 Å². The Labute approximate surface area is 176 Å². The van der Waals surface area contributed by atoms with E-state index in [-0.39, 0.29) is 12.0 Å². The molecule has 3 heterocycles. The van der Waals surface area contributed by atoms with E-state index in [0.717, 1.165) is 62.8 Å². The number of piperidine rings is 3. The zero-order valence-electron chi connectivity index (χ0n) is 18.2. The van der Waals surface area contributed by atoms with Crippen molar-refractivity contribution < 1.29 is 9.53 Å². The molecule has 3 saturated heterocycles. The van der Waals surface area contributed by atoms with Crippen LogP contribution in [0.15, 0.2) is 24.3 Å². The zero-order valence-corrected chi connectivity index (χ0v) is 18.2. The number of amides is 1. The second kappa shape index (κ2) is 9.48. The standard InChI is InChI=1S/C24H37N3O2/c1-19-5-4-12-27(18-19)24(28)20-6-3-7-23(17-20)29-22-10-15-26(16-11-22)21-8-13-25(2)14-9-21/h3,6-7,17,19,21-22H,4-5,8-16,18H2,1-2H3. The Kier molecular flexibility index (Phi) is 6.76. The molecule has 0 saturated carbocycles. The highest BCUT2D eigenvalue weighted by atomic mass is 16.5. The topological polar surface area (TPSA) is 36.0 Å². The number of hydrogen-bond acceptors (Lipinski definition) is 4. The molecule has 0 N–H and O–H groups in total. The third-order valence-electron chi connectivity index (χ3n) is 7.01. The lowest BCUT2D eigenvalue weighted by Crippen LogP contribution is -2.48. The Bertz CT molecular complexity index is 678. The molecule has 3 aliphatic heterocycles. The molecule has 3 fully saturated rings. The Morgan fingerprint density at radius 3 is 2.48 bits per heavy atom. The number of benzene rings is 1. The van der Waals surface area contributed by atoms with Gasteiger partial charge in [-0.15, -0.1) is 0 Å². The van der Waals surface area contributed by atoms with Crippen LogP contribution in [-0.2, 0) is 0 Å². The Hall–Kier alpha value is -1.59. The van der Waals surface area contributed by atoms with E-state index in [0.29, 0.717) is 5.92 Å². The van der Waals surface area contributed by atoms with Crippen LogP contribution in [0.4, 0.5) is 0 Å². The van der Waals surface area contributed by atoms with Crippen LogP contribution in [0.5, 0.6) is 5.75 Å². The van der Waals surface area contributed by atoms with Gasteiger partial charge in [0.25, 0.3) is 5.91 Å². The first-order chi connectivity index (χ1) is 14.1. The number of likely N-dealkylation sites (tertiary alicyclic amines) is 3. The monoisotopic (exact) mass is 399 g/mol. The molecular formula is C24H37N3O2. The molecule has 4 rings (SSSR count). The molecule has 1 aromatic carbocycles. The summed E-state index contributed by atoms with van der Waals surface area (Å²) in [6.45, 7) is 8.68. The van der Waals surface area contributed by atoms with E-state index >= 15 is 0 Å². The normalized spacial score (nSPS) is 25.9. The predicted octanol–water partition coefficient (Wildman–Crippen LogP) is 3.50. The van der Waals surface area contributed by atoms with Gasteiger partial charge >= 0.3 is 0 Å². The number of nitrogens with zero attached hydrogens (tertiary/aromatic N) is 3. The van der Waals surface area contributed by atoms with E-state index < -0.39 is 0 Å². The summed E-state index contributed by atoms with van der Waals surface area (Å²) in [5, 5.41) is 0. The van der Waals surface area contributed by atoms with Crippen LogP contribution in [0.3, 0.4) is 0 Å². The molecule has 5 heteroatoms. The molecule has 1 unspecified atom stereocenters. The summed E-state index contributed by atoms with van der Waals surface area (Å²) in [5.74, 6) is 1.60. The van der Waals surface area contributed by atoms with Crippen LogP contribution in [0, 0.1) is 5.92 Å². The fraction of sp³-hybridized carbons (Fsp3) is 0.708. The summed E-state index contributed by atoms with van der Waals surface area (Å²) >= 11 is 0. The van der Waals surface area contributed by atoms with Gasteiger partial charge in [-0.25, -0.2) is 0 Å². The fourth-order valence-electron chi connectivity index (χ4n) is 5.17. The fourth-order valence-corrected chi connectivity index (χ4v) is 5.17. The molecule has 160 valence electrons. The van der Waals surface area contributed by atoms with Crippen LogP contribution >= 0.6 is 0 Å². The second-order valence-corrected chi connectivity index (χ2v) is 9.41. The summed E-state index contributed by atoms with van der Waals surface area (Å²) in [6, 6.07) is 8.59. The highest BCUT2D eigenvalue weighted by Gasteiger charge is 2.28. The molecule has 1 aromatic rings. The van der Waals surface area contributed by atoms with Gasteiger partial charge in [0.15, 0.2) is 0 Å². The van der Waals surface area contributed by atoms with Crippen molar-refractivity contribution in [3.8, 4) is 5.75 Å². The number of carbonyl (C=O) groups is 1. The van der Waals surface area contributed by atoms with Crippen molar-refractivity contribution in [1.82, 2.24) is 14.7 Å². The van der Waals surface area contributed by atoms with Crippen LogP contribution < -0.4 is 4.74 Å². The third-order valence-corrected chi connectivity index (χ3v) is 7.01. The maximum absolute atomic E-state index is 12.9. The first kappa shape index (κ1) is 20.7. The van der Waals surface area contributed by atoms with E-state index in [1.165, 1.54) is 32.4 Å². The zero-order chi connectivity index (χ0) is 20.2. The summed E-state index contributed by atoms with van der Waals surface area (Å²) in [6.07, 6.45) is 7.34. The van der Waals surface area contributed by atoms with Gasteiger partial charge in [-0.1, -0.05) is 13.0 Å². The van der Waals surface area contributed by atoms with Gasteiger partial charge in [0.1, 0.15) is 11.9 Å². The number of hydrogen-bond donors (Lipinski definition) is 0. The van der Waals surface area contributed by atoms with Gasteiger partial charge in [0.2, 0.25) is 0 Å². The molecule has 29 heavy (non-hydrogen) atoms. The summed E-state index contributed by atoms with van der Waals surface area (Å²) < 4.78 is 6.30. The molecule has 5 nitrogen and oxygen atoms in total. The molecular weight excluding hydrogens is 362 g/mol. The Morgan fingerprint density at radius 1 is 1.00 bits per heavy atom. The van der Waals surface area contributed by atoms with Crippen LogP contribution in [0.25, 0.3) is 0 Å². The minimum Gasteiger partial charge on any atom is -0.490 e. The minimum atomic E-state index is 0.152. The minimum absolute atomic E-state index is 0.152. The first-order valence-electron chi connectivity index (χ1n) is 11.6. The van der Waals surface area contributed by atoms with Crippen molar-refractivity contribution in [2.75, 3.05) is 46.3 Å². The van der Waals surface area contributed by atoms with E-state index in [2.05, 4.69) is 23.8 Å². The van der Waals surface area contributed by atoms with Crippen molar-refractivity contribution >= 4 is 5.91 Å². The lowest BCUT2D eigenvalue weighted by atomic mass is 9.99. The average Bonchev–Trinajstić information content (AvgIpc) is 2.75. The maximum atomic E-state index is 12.9. The average molecular weight is 400 g/mol. The van der Waals surface area contributed by atoms with E-state index in [1.807, 2.05) is 29.2 Å². The first-order valence-corrected chi connectivity index (χ1v) is 11.6. The highest BCUT2D eigenvalue weighted by Crippen LogP contribution is 2.25. The quantitative estimate of drug-likeness (QED) is 0.776. The van der Waals surface area contributed by atoms with Gasteiger partial charge < -0.3 is 19.4 Å². The van der Waals surface area contributed by atoms with Gasteiger partial charge in [-0.3, -0.25) is 4.79 Å². The van der Waals surface area contributed by atoms with Gasteiger partial charge in [0.05, 0.1) is 0 Å². The van der Waals surface area contributed by atoms with Crippen LogP contribution in [0.1, 0.15) is 55.8 Å². The summed E-state index contributed by atoms with van der Waals surface area (Å²) in [4.78, 5) is 20.0. The number of rotatable bonds is 4. The van der Waals surface area contributed by atoms with Gasteiger partial charge in [-0.2, -0.15) is 0 Å². The number of ether oxygens (including phenoxy) is 1. The largest absolute Gasteiger partial charge is 0.490 e. The SMILES string of the molecule is CC1CCCN(C(=O)c2cccc(OC3CCN(C4CCN(C)CC4)CC3)c2)C1. The third kappa shape index (κ3) is 5.32. The predicted molar refractivity (Wildman–Crippen MR) is 116 cm³/mol. The van der Waals surface area contributed by atoms with Crippen LogP contribution in [-0.4, -0.2) is 79.1 Å². The Morgan fingerprint density at radius 2 is 1.76 bits per heavy atom. The van der Waals surface area contributed by atoms with Gasteiger partial charge in [0, 0.05) is 37.8 Å². The van der Waals surface area contributed by atoms with Crippen LogP contribution in [0.2, 0.25) is 0 Å².